The summed E-state index contributed by atoms with van der Waals surface area (Å²) < 4.78 is 0. The van der Waals surface area contributed by atoms with Gasteiger partial charge in [0.2, 0.25) is 0 Å². The van der Waals surface area contributed by atoms with Crippen LogP contribution in [0.4, 0.5) is 5.00 Å². The molecule has 1 aromatic carbocycles. The number of fused-ring (bicyclic) bond motifs is 1. The summed E-state index contributed by atoms with van der Waals surface area (Å²) in [5, 5.41) is 4.93. The maximum Gasteiger partial charge on any atom is 0.260 e. The Morgan fingerprint density at radius 2 is 1.69 bits per heavy atom. The first kappa shape index (κ1) is 20.6. The van der Waals surface area contributed by atoms with Crippen molar-refractivity contribution in [2.24, 2.45) is 0 Å². The molecule has 5 heteroatoms. The van der Waals surface area contributed by atoms with E-state index in [1.54, 1.807) is 11.3 Å². The van der Waals surface area contributed by atoms with Crippen molar-refractivity contribution in [2.75, 3.05) is 11.6 Å². The van der Waals surface area contributed by atoms with Gasteiger partial charge in [-0.25, -0.2) is 0 Å². The Morgan fingerprint density at radius 1 is 1.07 bits per heavy atom. The van der Waals surface area contributed by atoms with E-state index in [2.05, 4.69) is 51.8 Å². The zero-order valence-corrected chi connectivity index (χ0v) is 19.3. The number of amides is 1. The van der Waals surface area contributed by atoms with Crippen LogP contribution in [-0.2, 0) is 6.54 Å². The smallest absolute Gasteiger partial charge is 0.260 e. The second-order valence-electron chi connectivity index (χ2n) is 10.0. The van der Waals surface area contributed by atoms with E-state index in [0.29, 0.717) is 12.7 Å². The van der Waals surface area contributed by atoms with E-state index in [4.69, 9.17) is 0 Å². The number of aryl methyl sites for hydroxylation is 1. The van der Waals surface area contributed by atoms with Gasteiger partial charge in [0.25, 0.3) is 5.91 Å². The summed E-state index contributed by atoms with van der Waals surface area (Å²) in [7, 11) is 0. The maximum atomic E-state index is 13.5. The number of nitrogens with one attached hydrogen (secondary N) is 1. The molecule has 156 valence electrons. The van der Waals surface area contributed by atoms with Crippen molar-refractivity contribution in [3.63, 3.8) is 0 Å². The van der Waals surface area contributed by atoms with Crippen LogP contribution in [0.2, 0.25) is 0 Å². The molecule has 1 amide bonds. The highest BCUT2D eigenvalue weighted by atomic mass is 32.1. The lowest BCUT2D eigenvalue weighted by molar-refractivity contribution is 0.0562. The number of carbonyl (C=O) groups excluding carboxylic acids is 1. The van der Waals surface area contributed by atoms with E-state index in [1.165, 1.54) is 16.0 Å². The zero-order valence-electron chi connectivity index (χ0n) is 18.5. The standard InChI is InChI=1S/C24H33N3OS/c1-16-17(2)29-22-20(16)14-26(19-12-23(3,4)25-24(5,6)13-19)15-27(22)21(28)18-10-8-7-9-11-18/h7-11,19,25H,12-15H2,1-6H3. The minimum atomic E-state index is 0.0839. The maximum absolute atomic E-state index is 13.5. The molecule has 0 radical (unpaired) electrons. The van der Waals surface area contributed by atoms with E-state index in [1.807, 2.05) is 35.2 Å². The van der Waals surface area contributed by atoms with E-state index < -0.39 is 0 Å². The van der Waals surface area contributed by atoms with Gasteiger partial charge in [0, 0.05) is 39.7 Å². The summed E-state index contributed by atoms with van der Waals surface area (Å²) in [6.45, 7) is 15.1. The van der Waals surface area contributed by atoms with Crippen molar-refractivity contribution < 1.29 is 4.79 Å². The molecule has 0 bridgehead atoms. The van der Waals surface area contributed by atoms with Gasteiger partial charge in [0.05, 0.1) is 6.67 Å². The van der Waals surface area contributed by atoms with E-state index in [-0.39, 0.29) is 17.0 Å². The molecule has 1 fully saturated rings. The fourth-order valence-corrected chi connectivity index (χ4v) is 6.38. The number of thiophene rings is 1. The first-order valence-corrected chi connectivity index (χ1v) is 11.4. The van der Waals surface area contributed by atoms with E-state index in [9.17, 15) is 4.79 Å². The molecule has 0 atom stereocenters. The molecule has 0 spiro atoms. The van der Waals surface area contributed by atoms with E-state index >= 15 is 0 Å². The van der Waals surface area contributed by atoms with Crippen LogP contribution in [0.15, 0.2) is 30.3 Å². The second kappa shape index (κ2) is 7.22. The molecular weight excluding hydrogens is 378 g/mol. The number of hydrogen-bond donors (Lipinski definition) is 1. The Bertz CT molecular complexity index is 900. The highest BCUT2D eigenvalue weighted by Crippen LogP contribution is 2.42. The van der Waals surface area contributed by atoms with Crippen molar-refractivity contribution >= 4 is 22.2 Å². The fourth-order valence-electron chi connectivity index (χ4n) is 5.22. The molecule has 29 heavy (non-hydrogen) atoms. The third kappa shape index (κ3) is 4.00. The summed E-state index contributed by atoms with van der Waals surface area (Å²) in [5.41, 5.74) is 3.60. The molecule has 0 saturated carbocycles. The number of rotatable bonds is 2. The second-order valence-corrected chi connectivity index (χ2v) is 11.2. The Kier molecular flexibility index (Phi) is 5.12. The summed E-state index contributed by atoms with van der Waals surface area (Å²) >= 11 is 1.76. The lowest BCUT2D eigenvalue weighted by Crippen LogP contribution is -2.63. The van der Waals surface area contributed by atoms with Gasteiger partial charge in [0.1, 0.15) is 5.00 Å². The quantitative estimate of drug-likeness (QED) is 0.747. The largest absolute Gasteiger partial charge is 0.307 e. The molecule has 2 aliphatic rings. The van der Waals surface area contributed by atoms with Gasteiger partial charge in [0.15, 0.2) is 0 Å². The van der Waals surface area contributed by atoms with Gasteiger partial charge >= 0.3 is 0 Å². The summed E-state index contributed by atoms with van der Waals surface area (Å²) in [6, 6.07) is 10.1. The molecule has 2 aliphatic heterocycles. The zero-order chi connectivity index (χ0) is 21.0. The highest BCUT2D eigenvalue weighted by Gasteiger charge is 2.42. The predicted molar refractivity (Wildman–Crippen MR) is 122 cm³/mol. The molecule has 2 aromatic rings. The lowest BCUT2D eigenvalue weighted by Gasteiger charge is -2.51. The summed E-state index contributed by atoms with van der Waals surface area (Å²) in [6.07, 6.45) is 2.17. The molecule has 1 N–H and O–H groups in total. The van der Waals surface area contributed by atoms with Crippen LogP contribution < -0.4 is 10.2 Å². The molecular formula is C24H33N3OS. The van der Waals surface area contributed by atoms with Crippen LogP contribution in [-0.4, -0.2) is 34.6 Å². The first-order valence-electron chi connectivity index (χ1n) is 10.6. The highest BCUT2D eigenvalue weighted by molar-refractivity contribution is 7.16. The van der Waals surface area contributed by atoms with Crippen molar-refractivity contribution in [1.82, 2.24) is 10.2 Å². The normalized spacial score (nSPS) is 21.8. The van der Waals surface area contributed by atoms with Crippen molar-refractivity contribution in [3.05, 3.63) is 51.9 Å². The first-order chi connectivity index (χ1) is 13.6. The fraction of sp³-hybridized carbons (Fsp3) is 0.542. The Morgan fingerprint density at radius 3 is 2.31 bits per heavy atom. The predicted octanol–water partition coefficient (Wildman–Crippen LogP) is 5.09. The van der Waals surface area contributed by atoms with Crippen LogP contribution in [0.3, 0.4) is 0 Å². The average Bonchev–Trinajstić information content (AvgIpc) is 2.93. The van der Waals surface area contributed by atoms with Gasteiger partial charge in [-0.3, -0.25) is 14.6 Å². The molecule has 3 heterocycles. The molecule has 4 nitrogen and oxygen atoms in total. The monoisotopic (exact) mass is 411 g/mol. The van der Waals surface area contributed by atoms with Crippen molar-refractivity contribution in [2.45, 2.75) is 78.0 Å². The summed E-state index contributed by atoms with van der Waals surface area (Å²) in [4.78, 5) is 19.3. The van der Waals surface area contributed by atoms with Crippen molar-refractivity contribution in [1.29, 1.82) is 0 Å². The van der Waals surface area contributed by atoms with Crippen LogP contribution >= 0.6 is 11.3 Å². The number of benzene rings is 1. The topological polar surface area (TPSA) is 35.6 Å². The van der Waals surface area contributed by atoms with Gasteiger partial charge < -0.3 is 5.32 Å². The van der Waals surface area contributed by atoms with Crippen LogP contribution in [0, 0.1) is 13.8 Å². The molecule has 1 aromatic heterocycles. The molecule has 1 saturated heterocycles. The number of nitrogens with zero attached hydrogens (tertiary/aromatic N) is 2. The van der Waals surface area contributed by atoms with Crippen LogP contribution in [0.1, 0.15) is 66.9 Å². The molecule has 0 unspecified atom stereocenters. The number of hydrogen-bond acceptors (Lipinski definition) is 4. The Balaban J connectivity index is 1.70. The third-order valence-corrected chi connectivity index (χ3v) is 7.64. The van der Waals surface area contributed by atoms with Gasteiger partial charge in [-0.05, 0) is 72.1 Å². The number of piperidine rings is 1. The van der Waals surface area contributed by atoms with E-state index in [0.717, 1.165) is 30.0 Å². The summed E-state index contributed by atoms with van der Waals surface area (Å²) in [5.74, 6) is 0.102. The van der Waals surface area contributed by atoms with Crippen LogP contribution in [0.5, 0.6) is 0 Å². The minimum Gasteiger partial charge on any atom is -0.307 e. The van der Waals surface area contributed by atoms with Crippen LogP contribution in [0.25, 0.3) is 0 Å². The minimum absolute atomic E-state index is 0.0839. The number of anilines is 1. The SMILES string of the molecule is Cc1sc2c(c1C)CN(C1CC(C)(C)NC(C)(C)C1)CN2C(=O)c1ccccc1. The average molecular weight is 412 g/mol. The van der Waals surface area contributed by atoms with Gasteiger partial charge in [-0.2, -0.15) is 0 Å². The van der Waals surface area contributed by atoms with Gasteiger partial charge in [-0.15, -0.1) is 11.3 Å². The molecule has 4 rings (SSSR count). The third-order valence-electron chi connectivity index (χ3n) is 6.37. The lowest BCUT2D eigenvalue weighted by atomic mass is 9.79. The van der Waals surface area contributed by atoms with Crippen molar-refractivity contribution in [3.8, 4) is 0 Å². The molecule has 0 aliphatic carbocycles. The number of carbonyl (C=O) groups is 1. The van der Waals surface area contributed by atoms with Gasteiger partial charge in [-0.1, -0.05) is 18.2 Å². The Hall–Kier alpha value is -1.69. The Labute approximate surface area is 178 Å².